The molecular weight excluding hydrogens is 162 g/mol. The number of aromatic nitrogens is 1. The number of nitrogens with two attached hydrogens (primary N) is 1. The molecule has 1 aromatic heterocycles. The van der Waals surface area contributed by atoms with Crippen LogP contribution in [-0.4, -0.2) is 11.7 Å². The third-order valence-electron chi connectivity index (χ3n) is 1.31. The predicted octanol–water partition coefficient (Wildman–Crippen LogP) is 1.55. The molecule has 11 heavy (non-hydrogen) atoms. The lowest BCUT2D eigenvalue weighted by molar-refractivity contribution is 1.14. The van der Waals surface area contributed by atoms with E-state index in [4.69, 9.17) is 17.3 Å². The van der Waals surface area contributed by atoms with Crippen LogP contribution in [0.15, 0.2) is 18.8 Å². The van der Waals surface area contributed by atoms with Crippen molar-refractivity contribution in [3.8, 4) is 0 Å². The van der Waals surface area contributed by atoms with Crippen molar-refractivity contribution in [3.05, 3.63) is 24.5 Å². The molecule has 0 amide bonds. The summed E-state index contributed by atoms with van der Waals surface area (Å²) in [7, 11) is 0. The Labute approximate surface area is 70.2 Å². The Balaban J connectivity index is 2.87. The number of hydrogen-bond acceptors (Lipinski definition) is 2. The Morgan fingerprint density at radius 1 is 1.82 bits per heavy atom. The Hall–Kier alpha value is -0.930. The van der Waals surface area contributed by atoms with Gasteiger partial charge >= 0.3 is 0 Å². The van der Waals surface area contributed by atoms with Crippen molar-refractivity contribution < 1.29 is 0 Å². The Morgan fingerprint density at radius 2 is 2.55 bits per heavy atom. The quantitative estimate of drug-likeness (QED) is 0.605. The molecule has 0 saturated carbocycles. The third-order valence-corrected chi connectivity index (χ3v) is 1.50. The minimum atomic E-state index is 0.384. The van der Waals surface area contributed by atoms with E-state index in [-0.39, 0.29) is 0 Å². The second-order valence-corrected chi connectivity index (χ2v) is 2.51. The summed E-state index contributed by atoms with van der Waals surface area (Å²) in [4.78, 5) is 2.94. The molecule has 0 bridgehead atoms. The van der Waals surface area contributed by atoms with Gasteiger partial charge in [0.1, 0.15) is 0 Å². The lowest BCUT2D eigenvalue weighted by atomic mass is 10.3. The molecule has 1 rings (SSSR count). The second kappa shape index (κ2) is 3.46. The highest BCUT2D eigenvalue weighted by Gasteiger charge is 2.02. The SMILES string of the molecule is C=C(Cl)c1[nH]ccc1NCN. The Kier molecular flexibility index (Phi) is 2.57. The van der Waals surface area contributed by atoms with E-state index in [2.05, 4.69) is 16.9 Å². The normalized spacial score (nSPS) is 9.64. The van der Waals surface area contributed by atoms with Crippen molar-refractivity contribution in [1.29, 1.82) is 0 Å². The molecule has 0 spiro atoms. The van der Waals surface area contributed by atoms with Gasteiger partial charge in [-0.05, 0) is 6.07 Å². The van der Waals surface area contributed by atoms with Crippen molar-refractivity contribution in [1.82, 2.24) is 4.98 Å². The van der Waals surface area contributed by atoms with E-state index in [1.807, 2.05) is 6.07 Å². The molecule has 0 aromatic carbocycles. The first-order chi connectivity index (χ1) is 5.25. The number of anilines is 1. The van der Waals surface area contributed by atoms with E-state index in [9.17, 15) is 0 Å². The number of H-pyrrole nitrogens is 1. The van der Waals surface area contributed by atoms with Crippen molar-refractivity contribution in [3.63, 3.8) is 0 Å². The fourth-order valence-electron chi connectivity index (χ4n) is 0.851. The molecule has 1 aromatic rings. The smallest absolute Gasteiger partial charge is 0.0799 e. The molecule has 3 nitrogen and oxygen atoms in total. The van der Waals surface area contributed by atoms with Crippen LogP contribution in [0, 0.1) is 0 Å². The average molecular weight is 172 g/mol. The van der Waals surface area contributed by atoms with E-state index in [0.29, 0.717) is 11.7 Å². The van der Waals surface area contributed by atoms with Crippen LogP contribution in [0.25, 0.3) is 5.03 Å². The molecule has 4 N–H and O–H groups in total. The summed E-state index contributed by atoms with van der Waals surface area (Å²) in [6.07, 6.45) is 1.78. The van der Waals surface area contributed by atoms with Crippen molar-refractivity contribution in [2.24, 2.45) is 5.73 Å². The summed E-state index contributed by atoms with van der Waals surface area (Å²) in [5.41, 5.74) is 6.96. The molecule has 0 fully saturated rings. The molecule has 0 saturated heterocycles. The van der Waals surface area contributed by atoms with Crippen LogP contribution in [-0.2, 0) is 0 Å². The largest absolute Gasteiger partial charge is 0.371 e. The zero-order chi connectivity index (χ0) is 8.27. The molecule has 0 radical (unpaired) electrons. The van der Waals surface area contributed by atoms with Crippen molar-refractivity contribution in [2.45, 2.75) is 0 Å². The number of rotatable bonds is 3. The van der Waals surface area contributed by atoms with Gasteiger partial charge in [-0.15, -0.1) is 0 Å². The number of halogens is 1. The summed E-state index contributed by atoms with van der Waals surface area (Å²) in [5.74, 6) is 0. The summed E-state index contributed by atoms with van der Waals surface area (Å²) in [5, 5.41) is 3.42. The number of aromatic amines is 1. The highest BCUT2D eigenvalue weighted by Crippen LogP contribution is 2.22. The molecular formula is C7H10ClN3. The van der Waals surface area contributed by atoms with Gasteiger partial charge in [0, 0.05) is 6.20 Å². The molecule has 1 heterocycles. The van der Waals surface area contributed by atoms with Gasteiger partial charge in [0.15, 0.2) is 0 Å². The molecule has 0 atom stereocenters. The van der Waals surface area contributed by atoms with Gasteiger partial charge in [0.2, 0.25) is 0 Å². The van der Waals surface area contributed by atoms with Gasteiger partial charge in [0.05, 0.1) is 23.1 Å². The van der Waals surface area contributed by atoms with E-state index in [0.717, 1.165) is 11.4 Å². The van der Waals surface area contributed by atoms with E-state index in [1.54, 1.807) is 6.20 Å². The van der Waals surface area contributed by atoms with Crippen LogP contribution in [0.1, 0.15) is 5.69 Å². The first kappa shape index (κ1) is 8.17. The Bertz CT molecular complexity index is 254. The zero-order valence-corrected chi connectivity index (χ0v) is 6.78. The van der Waals surface area contributed by atoms with Crippen LogP contribution in [0.2, 0.25) is 0 Å². The predicted molar refractivity (Wildman–Crippen MR) is 48.4 cm³/mol. The molecule has 0 aliphatic rings. The van der Waals surface area contributed by atoms with E-state index < -0.39 is 0 Å². The highest BCUT2D eigenvalue weighted by atomic mass is 35.5. The average Bonchev–Trinajstić information content (AvgIpc) is 2.36. The Morgan fingerprint density at radius 3 is 3.09 bits per heavy atom. The van der Waals surface area contributed by atoms with Crippen LogP contribution >= 0.6 is 11.6 Å². The van der Waals surface area contributed by atoms with Gasteiger partial charge in [-0.3, -0.25) is 0 Å². The minimum Gasteiger partial charge on any atom is -0.371 e. The van der Waals surface area contributed by atoms with Crippen LogP contribution in [0.3, 0.4) is 0 Å². The molecule has 0 aliphatic heterocycles. The minimum absolute atomic E-state index is 0.384. The fraction of sp³-hybridized carbons (Fsp3) is 0.143. The fourth-order valence-corrected chi connectivity index (χ4v) is 1.01. The first-order valence-corrected chi connectivity index (χ1v) is 3.59. The lowest BCUT2D eigenvalue weighted by Crippen LogP contribution is -2.10. The summed E-state index contributed by atoms with van der Waals surface area (Å²) < 4.78 is 0. The molecule has 0 aliphatic carbocycles. The standard InChI is InChI=1S/C7H10ClN3/c1-5(8)7-6(11-4-9)2-3-10-7/h2-3,10-11H,1,4,9H2. The third kappa shape index (κ3) is 1.76. The second-order valence-electron chi connectivity index (χ2n) is 2.05. The van der Waals surface area contributed by atoms with Gasteiger partial charge in [-0.2, -0.15) is 0 Å². The first-order valence-electron chi connectivity index (χ1n) is 3.22. The summed E-state index contributed by atoms with van der Waals surface area (Å²) in [6.45, 7) is 3.98. The van der Waals surface area contributed by atoms with Crippen LogP contribution < -0.4 is 11.1 Å². The van der Waals surface area contributed by atoms with Crippen molar-refractivity contribution in [2.75, 3.05) is 12.0 Å². The lowest BCUT2D eigenvalue weighted by Gasteiger charge is -2.02. The topological polar surface area (TPSA) is 53.8 Å². The van der Waals surface area contributed by atoms with Crippen molar-refractivity contribution >= 4 is 22.3 Å². The zero-order valence-electron chi connectivity index (χ0n) is 6.02. The van der Waals surface area contributed by atoms with Gasteiger partial charge in [0.25, 0.3) is 0 Å². The highest BCUT2D eigenvalue weighted by molar-refractivity contribution is 6.48. The molecule has 0 unspecified atom stereocenters. The van der Waals surface area contributed by atoms with Crippen LogP contribution in [0.4, 0.5) is 5.69 Å². The van der Waals surface area contributed by atoms with Gasteiger partial charge in [-0.25, -0.2) is 0 Å². The molecule has 60 valence electrons. The van der Waals surface area contributed by atoms with Gasteiger partial charge in [-0.1, -0.05) is 18.2 Å². The maximum atomic E-state index is 5.68. The van der Waals surface area contributed by atoms with E-state index in [1.165, 1.54) is 0 Å². The summed E-state index contributed by atoms with van der Waals surface area (Å²) >= 11 is 5.68. The maximum absolute atomic E-state index is 5.68. The van der Waals surface area contributed by atoms with E-state index >= 15 is 0 Å². The number of nitrogens with one attached hydrogen (secondary N) is 2. The van der Waals surface area contributed by atoms with Gasteiger partial charge < -0.3 is 16.0 Å². The maximum Gasteiger partial charge on any atom is 0.0799 e. The van der Waals surface area contributed by atoms with Crippen LogP contribution in [0.5, 0.6) is 0 Å². The number of hydrogen-bond donors (Lipinski definition) is 3. The summed E-state index contributed by atoms with van der Waals surface area (Å²) in [6, 6.07) is 1.86. The monoisotopic (exact) mass is 171 g/mol. The molecule has 4 heteroatoms.